The number of carbonyl (C=O) groups excluding carboxylic acids is 2. The number of halogens is 1. The molecule has 0 radical (unpaired) electrons. The Bertz CT molecular complexity index is 857. The Balaban J connectivity index is 2.08. The van der Waals surface area contributed by atoms with Crippen LogP contribution in [-0.4, -0.2) is 22.5 Å². The van der Waals surface area contributed by atoms with Crippen molar-refractivity contribution in [2.24, 2.45) is 5.73 Å². The van der Waals surface area contributed by atoms with Crippen LogP contribution in [-0.2, 0) is 4.79 Å². The Hall–Kier alpha value is -2.94. The van der Waals surface area contributed by atoms with Crippen molar-refractivity contribution in [2.75, 3.05) is 11.1 Å². The molecule has 0 spiro atoms. The third-order valence-electron chi connectivity index (χ3n) is 3.20. The second-order valence-electron chi connectivity index (χ2n) is 5.12. The third kappa shape index (κ3) is 4.77. The van der Waals surface area contributed by atoms with E-state index in [0.717, 1.165) is 23.4 Å². The number of aryl methyl sites for hydroxylation is 1. The number of nitrogens with two attached hydrogens (primary N) is 1. The lowest BCUT2D eigenvalue weighted by Crippen LogP contribution is -2.15. The number of nitro benzene ring substituents is 1. The molecule has 0 atom stereocenters. The van der Waals surface area contributed by atoms with E-state index in [1.54, 1.807) is 13.0 Å². The highest BCUT2D eigenvalue weighted by atomic mass is 32.2. The highest BCUT2D eigenvalue weighted by Gasteiger charge is 2.18. The molecule has 0 aliphatic carbocycles. The first-order valence-electron chi connectivity index (χ1n) is 7.05. The summed E-state index contributed by atoms with van der Waals surface area (Å²) in [6.07, 6.45) is 0. The fraction of sp³-hybridized carbons (Fsp3) is 0.125. The van der Waals surface area contributed by atoms with Crippen LogP contribution in [0.2, 0.25) is 0 Å². The molecule has 9 heteroatoms. The molecule has 2 rings (SSSR count). The van der Waals surface area contributed by atoms with Crippen molar-refractivity contribution in [3.8, 4) is 0 Å². The average molecular weight is 363 g/mol. The second kappa shape index (κ2) is 7.75. The van der Waals surface area contributed by atoms with Gasteiger partial charge in [0.1, 0.15) is 5.82 Å². The lowest BCUT2D eigenvalue weighted by molar-refractivity contribution is -0.387. The summed E-state index contributed by atoms with van der Waals surface area (Å²) in [5.74, 6) is -2.02. The monoisotopic (exact) mass is 363 g/mol. The van der Waals surface area contributed by atoms with Gasteiger partial charge in [0.15, 0.2) is 0 Å². The fourth-order valence-corrected chi connectivity index (χ4v) is 2.79. The predicted molar refractivity (Wildman–Crippen MR) is 92.1 cm³/mol. The lowest BCUT2D eigenvalue weighted by atomic mass is 10.2. The number of thioether (sulfide) groups is 1. The van der Waals surface area contributed by atoms with E-state index in [9.17, 15) is 24.1 Å². The number of anilines is 1. The number of nitro groups is 1. The smallest absolute Gasteiger partial charge is 0.283 e. The first kappa shape index (κ1) is 18.4. The molecule has 0 aliphatic heterocycles. The van der Waals surface area contributed by atoms with Crippen molar-refractivity contribution in [3.05, 3.63) is 63.5 Å². The Morgan fingerprint density at radius 1 is 1.28 bits per heavy atom. The number of primary amides is 1. The van der Waals surface area contributed by atoms with Gasteiger partial charge in [0.25, 0.3) is 5.69 Å². The first-order chi connectivity index (χ1) is 11.8. The number of nitrogens with one attached hydrogen (secondary N) is 1. The third-order valence-corrected chi connectivity index (χ3v) is 4.26. The zero-order valence-corrected chi connectivity index (χ0v) is 13.9. The van der Waals surface area contributed by atoms with E-state index < -0.39 is 22.6 Å². The molecule has 2 amide bonds. The first-order valence-corrected chi connectivity index (χ1v) is 8.03. The van der Waals surface area contributed by atoms with Crippen LogP contribution in [0.5, 0.6) is 0 Å². The van der Waals surface area contributed by atoms with Crippen LogP contribution in [0.4, 0.5) is 15.8 Å². The Morgan fingerprint density at radius 3 is 2.60 bits per heavy atom. The largest absolute Gasteiger partial charge is 0.366 e. The van der Waals surface area contributed by atoms with Gasteiger partial charge < -0.3 is 11.1 Å². The maximum absolute atomic E-state index is 13.7. The summed E-state index contributed by atoms with van der Waals surface area (Å²) in [4.78, 5) is 33.7. The molecule has 3 N–H and O–H groups in total. The molecule has 0 aromatic heterocycles. The molecule has 0 unspecified atom stereocenters. The van der Waals surface area contributed by atoms with Gasteiger partial charge in [-0.25, -0.2) is 4.39 Å². The van der Waals surface area contributed by atoms with Gasteiger partial charge in [0, 0.05) is 11.6 Å². The van der Waals surface area contributed by atoms with Crippen LogP contribution in [0.1, 0.15) is 15.9 Å². The van der Waals surface area contributed by atoms with Crippen LogP contribution in [0, 0.1) is 22.9 Å². The molecular formula is C16H14FN3O4S. The second-order valence-corrected chi connectivity index (χ2v) is 6.14. The average Bonchev–Trinajstić information content (AvgIpc) is 2.55. The summed E-state index contributed by atoms with van der Waals surface area (Å²) in [5.41, 5.74) is 5.53. The van der Waals surface area contributed by atoms with Crippen molar-refractivity contribution in [2.45, 2.75) is 11.8 Å². The van der Waals surface area contributed by atoms with Crippen LogP contribution in [0.25, 0.3) is 0 Å². The summed E-state index contributed by atoms with van der Waals surface area (Å²) in [6, 6.07) is 8.13. The maximum Gasteiger partial charge on any atom is 0.283 e. The zero-order valence-electron chi connectivity index (χ0n) is 13.1. The molecule has 0 saturated heterocycles. The molecular weight excluding hydrogens is 349 g/mol. The fourth-order valence-electron chi connectivity index (χ4n) is 1.99. The highest BCUT2D eigenvalue weighted by Crippen LogP contribution is 2.30. The van der Waals surface area contributed by atoms with E-state index in [1.807, 2.05) is 0 Å². The summed E-state index contributed by atoms with van der Waals surface area (Å²) in [5, 5.41) is 13.5. The van der Waals surface area contributed by atoms with Crippen molar-refractivity contribution >= 4 is 35.0 Å². The molecule has 0 aliphatic rings. The maximum atomic E-state index is 13.7. The molecule has 2 aromatic carbocycles. The Kier molecular flexibility index (Phi) is 5.71. The van der Waals surface area contributed by atoms with Crippen molar-refractivity contribution in [3.63, 3.8) is 0 Å². The number of rotatable bonds is 6. The summed E-state index contributed by atoms with van der Waals surface area (Å²) >= 11 is 0.904. The standard InChI is InChI=1S/C16H14FN3O4S/c1-9-2-4-12(11(17)6-9)19-15(21)8-25-14-5-3-10(16(18)22)7-13(14)20(23)24/h2-7H,8H2,1H3,(H2,18,22)(H,19,21). The van der Waals surface area contributed by atoms with E-state index in [1.165, 1.54) is 24.3 Å². The van der Waals surface area contributed by atoms with Crippen LogP contribution < -0.4 is 11.1 Å². The van der Waals surface area contributed by atoms with Gasteiger partial charge in [0.05, 0.1) is 21.3 Å². The molecule has 130 valence electrons. The van der Waals surface area contributed by atoms with Gasteiger partial charge in [0.2, 0.25) is 11.8 Å². The molecule has 0 heterocycles. The number of nitrogens with zero attached hydrogens (tertiary/aromatic N) is 1. The van der Waals surface area contributed by atoms with Crippen molar-refractivity contribution in [1.29, 1.82) is 0 Å². The molecule has 0 saturated carbocycles. The lowest BCUT2D eigenvalue weighted by Gasteiger charge is -2.07. The van der Waals surface area contributed by atoms with Crippen LogP contribution >= 0.6 is 11.8 Å². The van der Waals surface area contributed by atoms with E-state index in [0.29, 0.717) is 0 Å². The van der Waals surface area contributed by atoms with Gasteiger partial charge >= 0.3 is 0 Å². The Labute approximate surface area is 146 Å². The molecule has 2 aromatic rings. The van der Waals surface area contributed by atoms with Gasteiger partial charge in [-0.05, 0) is 36.8 Å². The minimum atomic E-state index is -0.785. The minimum absolute atomic E-state index is 0.00206. The molecule has 7 nitrogen and oxygen atoms in total. The quantitative estimate of drug-likeness (QED) is 0.465. The number of hydrogen-bond acceptors (Lipinski definition) is 5. The zero-order chi connectivity index (χ0) is 18.6. The number of amides is 2. The molecule has 0 bridgehead atoms. The van der Waals surface area contributed by atoms with Crippen LogP contribution in [0.3, 0.4) is 0 Å². The molecule has 0 fully saturated rings. The van der Waals surface area contributed by atoms with E-state index in [4.69, 9.17) is 5.73 Å². The van der Waals surface area contributed by atoms with E-state index in [-0.39, 0.29) is 27.6 Å². The van der Waals surface area contributed by atoms with Gasteiger partial charge in [-0.1, -0.05) is 6.07 Å². The van der Waals surface area contributed by atoms with Gasteiger partial charge in [-0.2, -0.15) is 0 Å². The van der Waals surface area contributed by atoms with Gasteiger partial charge in [-0.15, -0.1) is 11.8 Å². The normalized spacial score (nSPS) is 10.3. The van der Waals surface area contributed by atoms with Crippen LogP contribution in [0.15, 0.2) is 41.3 Å². The summed E-state index contributed by atoms with van der Waals surface area (Å²) in [7, 11) is 0. The number of benzene rings is 2. The highest BCUT2D eigenvalue weighted by molar-refractivity contribution is 8.00. The summed E-state index contributed by atoms with van der Waals surface area (Å²) < 4.78 is 13.7. The summed E-state index contributed by atoms with van der Waals surface area (Å²) in [6.45, 7) is 1.72. The van der Waals surface area contributed by atoms with Crippen molar-refractivity contribution in [1.82, 2.24) is 0 Å². The van der Waals surface area contributed by atoms with E-state index >= 15 is 0 Å². The SMILES string of the molecule is Cc1ccc(NC(=O)CSc2ccc(C(N)=O)cc2[N+](=O)[O-])c(F)c1. The Morgan fingerprint density at radius 2 is 2.00 bits per heavy atom. The minimum Gasteiger partial charge on any atom is -0.366 e. The van der Waals surface area contributed by atoms with Gasteiger partial charge in [-0.3, -0.25) is 19.7 Å². The number of hydrogen-bond donors (Lipinski definition) is 2. The molecule has 25 heavy (non-hydrogen) atoms. The van der Waals surface area contributed by atoms with Crippen molar-refractivity contribution < 1.29 is 18.9 Å². The topological polar surface area (TPSA) is 115 Å². The number of carbonyl (C=O) groups is 2. The van der Waals surface area contributed by atoms with E-state index in [2.05, 4.69) is 5.32 Å². The predicted octanol–water partition coefficient (Wildman–Crippen LogP) is 2.87.